The lowest BCUT2D eigenvalue weighted by Crippen LogP contribution is -2.02. The summed E-state index contributed by atoms with van der Waals surface area (Å²) in [5.74, 6) is 0.0765. The Morgan fingerprint density at radius 3 is 2.94 bits per heavy atom. The number of para-hydroxylation sites is 1. The van der Waals surface area contributed by atoms with E-state index in [1.54, 1.807) is 19.1 Å². The summed E-state index contributed by atoms with van der Waals surface area (Å²) in [5, 5.41) is 10.3. The van der Waals surface area contributed by atoms with Gasteiger partial charge in [-0.2, -0.15) is 0 Å². The minimum atomic E-state index is -0.358. The maximum absolute atomic E-state index is 13.5. The Hall–Kier alpha value is -1.95. The van der Waals surface area contributed by atoms with Gasteiger partial charge in [0.25, 0.3) is 0 Å². The van der Waals surface area contributed by atoms with Crippen LogP contribution < -0.4 is 11.1 Å². The Labute approximate surface area is 97.8 Å². The van der Waals surface area contributed by atoms with Crippen molar-refractivity contribution in [3.8, 4) is 0 Å². The first-order valence-corrected chi connectivity index (χ1v) is 5.25. The normalized spacial score (nSPS) is 10.5. The summed E-state index contributed by atoms with van der Waals surface area (Å²) >= 11 is 0. The maximum atomic E-state index is 13.5. The van der Waals surface area contributed by atoms with Crippen molar-refractivity contribution in [3.63, 3.8) is 0 Å². The Morgan fingerprint density at radius 2 is 2.24 bits per heavy atom. The highest BCUT2D eigenvalue weighted by Gasteiger charge is 2.10. The van der Waals surface area contributed by atoms with Crippen molar-refractivity contribution in [2.24, 2.45) is 5.73 Å². The first-order valence-electron chi connectivity index (χ1n) is 5.25. The fourth-order valence-electron chi connectivity index (χ4n) is 1.43. The number of hydrogen-bond donors (Lipinski definition) is 2. The Kier molecular flexibility index (Phi) is 3.34. The molecule has 90 valence electrons. The summed E-state index contributed by atoms with van der Waals surface area (Å²) in [6.45, 7) is 2.23. The van der Waals surface area contributed by atoms with Gasteiger partial charge in [0.2, 0.25) is 5.89 Å². The number of hydrogen-bond acceptors (Lipinski definition) is 5. The Morgan fingerprint density at radius 1 is 1.41 bits per heavy atom. The molecule has 2 rings (SSSR count). The molecule has 0 fully saturated rings. The molecule has 0 atom stereocenters. The van der Waals surface area contributed by atoms with E-state index in [9.17, 15) is 4.39 Å². The van der Waals surface area contributed by atoms with Gasteiger partial charge >= 0.3 is 6.01 Å². The molecule has 3 N–H and O–H groups in total. The van der Waals surface area contributed by atoms with Gasteiger partial charge in [-0.3, -0.25) is 0 Å². The van der Waals surface area contributed by atoms with Crippen molar-refractivity contribution in [1.29, 1.82) is 0 Å². The zero-order valence-electron chi connectivity index (χ0n) is 9.40. The molecule has 1 aromatic carbocycles. The number of nitrogens with one attached hydrogen (secondary N) is 1. The summed E-state index contributed by atoms with van der Waals surface area (Å²) in [7, 11) is 0. The highest BCUT2D eigenvalue weighted by atomic mass is 19.1. The molecule has 0 amide bonds. The van der Waals surface area contributed by atoms with Gasteiger partial charge in [0, 0.05) is 13.0 Å². The van der Waals surface area contributed by atoms with Gasteiger partial charge in [0.1, 0.15) is 5.82 Å². The third kappa shape index (κ3) is 2.59. The van der Waals surface area contributed by atoms with Crippen LogP contribution in [-0.4, -0.2) is 16.7 Å². The molecule has 1 aromatic heterocycles. The van der Waals surface area contributed by atoms with Crippen molar-refractivity contribution >= 4 is 11.7 Å². The van der Waals surface area contributed by atoms with Crippen LogP contribution in [0.1, 0.15) is 11.5 Å². The molecule has 2 aromatic rings. The van der Waals surface area contributed by atoms with E-state index in [0.717, 1.165) is 5.56 Å². The van der Waals surface area contributed by atoms with E-state index in [4.69, 9.17) is 10.2 Å². The molecule has 0 aliphatic carbocycles. The summed E-state index contributed by atoms with van der Waals surface area (Å²) in [6, 6.07) is 4.97. The number of anilines is 2. The fourth-order valence-corrected chi connectivity index (χ4v) is 1.43. The Bertz CT molecular complexity index is 492. The SMILES string of the molecule is Cc1cccc(F)c1Nc1nnc(CCN)o1. The van der Waals surface area contributed by atoms with Crippen molar-refractivity contribution in [2.75, 3.05) is 11.9 Å². The quantitative estimate of drug-likeness (QED) is 0.845. The predicted octanol–water partition coefficient (Wildman–Crippen LogP) is 1.76. The van der Waals surface area contributed by atoms with Crippen LogP contribution in [0.2, 0.25) is 0 Å². The van der Waals surface area contributed by atoms with Crippen molar-refractivity contribution in [1.82, 2.24) is 10.2 Å². The van der Waals surface area contributed by atoms with Crippen LogP contribution in [0.25, 0.3) is 0 Å². The van der Waals surface area contributed by atoms with Gasteiger partial charge in [-0.15, -0.1) is 5.10 Å². The van der Waals surface area contributed by atoms with Crippen LogP contribution in [0, 0.1) is 12.7 Å². The van der Waals surface area contributed by atoms with Crippen molar-refractivity contribution in [3.05, 3.63) is 35.5 Å². The second kappa shape index (κ2) is 4.92. The third-order valence-corrected chi connectivity index (χ3v) is 2.28. The summed E-state index contributed by atoms with van der Waals surface area (Å²) in [5.41, 5.74) is 6.47. The molecule has 0 unspecified atom stereocenters. The molecular formula is C11H13FN4O. The number of aryl methyl sites for hydroxylation is 1. The lowest BCUT2D eigenvalue weighted by molar-refractivity contribution is 0.509. The van der Waals surface area contributed by atoms with E-state index >= 15 is 0 Å². The average molecular weight is 236 g/mol. The largest absolute Gasteiger partial charge is 0.408 e. The molecule has 0 radical (unpaired) electrons. The molecule has 0 saturated carbocycles. The molecule has 0 aliphatic rings. The van der Waals surface area contributed by atoms with Gasteiger partial charge in [0.05, 0.1) is 5.69 Å². The van der Waals surface area contributed by atoms with E-state index in [1.165, 1.54) is 6.07 Å². The summed E-state index contributed by atoms with van der Waals surface area (Å²) < 4.78 is 18.8. The number of aromatic nitrogens is 2. The zero-order valence-corrected chi connectivity index (χ0v) is 9.40. The molecular weight excluding hydrogens is 223 g/mol. The van der Waals surface area contributed by atoms with Crippen molar-refractivity contribution < 1.29 is 8.81 Å². The van der Waals surface area contributed by atoms with E-state index in [0.29, 0.717) is 24.5 Å². The number of nitrogens with two attached hydrogens (primary N) is 1. The predicted molar refractivity (Wildman–Crippen MR) is 61.5 cm³/mol. The molecule has 17 heavy (non-hydrogen) atoms. The van der Waals surface area contributed by atoms with E-state index in [1.807, 2.05) is 0 Å². The van der Waals surface area contributed by atoms with Gasteiger partial charge in [-0.1, -0.05) is 17.2 Å². The third-order valence-electron chi connectivity index (χ3n) is 2.28. The van der Waals surface area contributed by atoms with Crippen LogP contribution in [0.4, 0.5) is 16.1 Å². The second-order valence-electron chi connectivity index (χ2n) is 3.60. The minimum absolute atomic E-state index is 0.168. The van der Waals surface area contributed by atoms with E-state index in [2.05, 4.69) is 15.5 Å². The standard InChI is InChI=1S/C11H13FN4O/c1-7-3-2-4-8(12)10(7)14-11-16-15-9(17-11)5-6-13/h2-4H,5-6,13H2,1H3,(H,14,16). The van der Waals surface area contributed by atoms with Gasteiger partial charge in [-0.05, 0) is 18.6 Å². The van der Waals surface area contributed by atoms with E-state index < -0.39 is 0 Å². The van der Waals surface area contributed by atoms with Crippen molar-refractivity contribution in [2.45, 2.75) is 13.3 Å². The number of nitrogens with zero attached hydrogens (tertiary/aromatic N) is 2. The molecule has 0 spiro atoms. The molecule has 6 heteroatoms. The molecule has 5 nitrogen and oxygen atoms in total. The lowest BCUT2D eigenvalue weighted by atomic mass is 10.2. The van der Waals surface area contributed by atoms with Gasteiger partial charge in [-0.25, -0.2) is 4.39 Å². The molecule has 0 bridgehead atoms. The van der Waals surface area contributed by atoms with Gasteiger partial charge < -0.3 is 15.5 Å². The topological polar surface area (TPSA) is 77.0 Å². The van der Waals surface area contributed by atoms with Crippen LogP contribution in [0.15, 0.2) is 22.6 Å². The first kappa shape index (κ1) is 11.5. The van der Waals surface area contributed by atoms with E-state index in [-0.39, 0.29) is 11.8 Å². The second-order valence-corrected chi connectivity index (χ2v) is 3.60. The highest BCUT2D eigenvalue weighted by Crippen LogP contribution is 2.22. The fraction of sp³-hybridized carbons (Fsp3) is 0.273. The smallest absolute Gasteiger partial charge is 0.320 e. The van der Waals surface area contributed by atoms with Gasteiger partial charge in [0.15, 0.2) is 0 Å². The lowest BCUT2D eigenvalue weighted by Gasteiger charge is -2.05. The molecule has 1 heterocycles. The Balaban J connectivity index is 2.19. The number of rotatable bonds is 4. The first-order chi connectivity index (χ1) is 8.20. The molecule has 0 aliphatic heterocycles. The van der Waals surface area contributed by atoms with Crippen LogP contribution in [0.5, 0.6) is 0 Å². The maximum Gasteiger partial charge on any atom is 0.320 e. The number of benzene rings is 1. The minimum Gasteiger partial charge on any atom is -0.408 e. The highest BCUT2D eigenvalue weighted by molar-refractivity contribution is 5.57. The van der Waals surface area contributed by atoms with Crippen LogP contribution in [0.3, 0.4) is 0 Å². The number of halogens is 1. The monoisotopic (exact) mass is 236 g/mol. The zero-order chi connectivity index (χ0) is 12.3. The van der Waals surface area contributed by atoms with Crippen LogP contribution in [-0.2, 0) is 6.42 Å². The average Bonchev–Trinajstić information content (AvgIpc) is 2.72. The van der Waals surface area contributed by atoms with Crippen LogP contribution >= 0.6 is 0 Å². The summed E-state index contributed by atoms with van der Waals surface area (Å²) in [6.07, 6.45) is 0.505. The molecule has 0 saturated heterocycles. The summed E-state index contributed by atoms with van der Waals surface area (Å²) in [4.78, 5) is 0.